The summed E-state index contributed by atoms with van der Waals surface area (Å²) in [4.78, 5) is 30.7. The predicted octanol–water partition coefficient (Wildman–Crippen LogP) is 2.71. The van der Waals surface area contributed by atoms with E-state index in [0.29, 0.717) is 10.6 Å². The smallest absolute Gasteiger partial charge is 0.265 e. The van der Waals surface area contributed by atoms with E-state index in [4.69, 9.17) is 10.7 Å². The van der Waals surface area contributed by atoms with Crippen LogP contribution in [0.4, 0.5) is 11.5 Å². The largest absolute Gasteiger partial charge is 0.397 e. The maximum atomic E-state index is 12.3. The second kappa shape index (κ2) is 6.53. The highest BCUT2D eigenvalue weighted by atomic mass is 32.1. The molecule has 0 aromatic carbocycles. The first-order chi connectivity index (χ1) is 12.6. The average molecular weight is 368 g/mol. The van der Waals surface area contributed by atoms with Gasteiger partial charge in [0.05, 0.1) is 17.4 Å². The van der Waals surface area contributed by atoms with Crippen LogP contribution in [0.2, 0.25) is 0 Å². The van der Waals surface area contributed by atoms with Crippen molar-refractivity contribution in [3.63, 3.8) is 0 Å². The van der Waals surface area contributed by atoms with Crippen LogP contribution in [-0.4, -0.2) is 46.4 Å². The quantitative estimate of drug-likeness (QED) is 0.765. The van der Waals surface area contributed by atoms with Crippen LogP contribution >= 0.6 is 11.3 Å². The number of nitrogen functional groups attached to an aromatic ring is 1. The standard InChI is InChI=1S/C18H20N6OS/c1-23(2)18(25)16-15(19)11-5-6-12(22-17(11)26-16)13-4-3-9-24(13)14-7-8-20-10-21-14/h5-8,10,13H,3-4,9,19H2,1-2H3. The van der Waals surface area contributed by atoms with E-state index in [1.807, 2.05) is 18.2 Å². The van der Waals surface area contributed by atoms with Crippen molar-refractivity contribution in [3.05, 3.63) is 41.3 Å². The molecule has 2 N–H and O–H groups in total. The zero-order valence-electron chi connectivity index (χ0n) is 14.7. The Balaban J connectivity index is 1.72. The van der Waals surface area contributed by atoms with Crippen molar-refractivity contribution in [2.45, 2.75) is 18.9 Å². The van der Waals surface area contributed by atoms with Crippen LogP contribution in [0.15, 0.2) is 30.7 Å². The molecule has 0 spiro atoms. The van der Waals surface area contributed by atoms with E-state index in [1.54, 1.807) is 26.6 Å². The van der Waals surface area contributed by atoms with Crippen molar-refractivity contribution in [2.24, 2.45) is 0 Å². The Morgan fingerprint density at radius 1 is 1.35 bits per heavy atom. The van der Waals surface area contributed by atoms with Crippen LogP contribution in [0.25, 0.3) is 10.2 Å². The molecule has 1 saturated heterocycles. The number of amides is 1. The Hall–Kier alpha value is -2.74. The van der Waals surface area contributed by atoms with Gasteiger partial charge >= 0.3 is 0 Å². The molecule has 1 atom stereocenters. The number of hydrogen-bond donors (Lipinski definition) is 1. The summed E-state index contributed by atoms with van der Waals surface area (Å²) in [5.74, 6) is 0.828. The Morgan fingerprint density at radius 2 is 2.19 bits per heavy atom. The van der Waals surface area contributed by atoms with Crippen LogP contribution in [0.3, 0.4) is 0 Å². The van der Waals surface area contributed by atoms with Crippen LogP contribution in [0, 0.1) is 0 Å². The molecule has 1 amide bonds. The number of fused-ring (bicyclic) bond motifs is 1. The number of nitrogens with zero attached hydrogens (tertiary/aromatic N) is 5. The molecule has 8 heteroatoms. The summed E-state index contributed by atoms with van der Waals surface area (Å²) in [6.07, 6.45) is 5.44. The van der Waals surface area contributed by atoms with Gasteiger partial charge in [-0.2, -0.15) is 0 Å². The van der Waals surface area contributed by atoms with E-state index >= 15 is 0 Å². The summed E-state index contributed by atoms with van der Waals surface area (Å²) < 4.78 is 0. The molecule has 4 heterocycles. The van der Waals surface area contributed by atoms with Gasteiger partial charge in [-0.25, -0.2) is 15.0 Å². The Bertz CT molecular complexity index is 955. The highest BCUT2D eigenvalue weighted by Gasteiger charge is 2.29. The first-order valence-corrected chi connectivity index (χ1v) is 9.31. The second-order valence-corrected chi connectivity index (χ2v) is 7.55. The summed E-state index contributed by atoms with van der Waals surface area (Å²) in [7, 11) is 3.45. The predicted molar refractivity (Wildman–Crippen MR) is 103 cm³/mol. The Morgan fingerprint density at radius 3 is 2.92 bits per heavy atom. The van der Waals surface area contributed by atoms with Crippen molar-refractivity contribution >= 4 is 39.0 Å². The first-order valence-electron chi connectivity index (χ1n) is 8.49. The van der Waals surface area contributed by atoms with Crippen LogP contribution in [0.5, 0.6) is 0 Å². The molecule has 1 unspecified atom stereocenters. The van der Waals surface area contributed by atoms with Crippen molar-refractivity contribution in [3.8, 4) is 0 Å². The van der Waals surface area contributed by atoms with Gasteiger partial charge in [0.15, 0.2) is 0 Å². The van der Waals surface area contributed by atoms with Crippen LogP contribution in [0.1, 0.15) is 34.2 Å². The molecule has 1 aliphatic heterocycles. The lowest BCUT2D eigenvalue weighted by Crippen LogP contribution is -2.24. The van der Waals surface area contributed by atoms with E-state index in [1.165, 1.54) is 16.2 Å². The summed E-state index contributed by atoms with van der Waals surface area (Å²) >= 11 is 1.36. The molecule has 7 nitrogen and oxygen atoms in total. The molecular weight excluding hydrogens is 348 g/mol. The third-order valence-corrected chi connectivity index (χ3v) is 5.77. The molecule has 134 valence electrons. The first kappa shape index (κ1) is 16.7. The number of rotatable bonds is 3. The van der Waals surface area contributed by atoms with Crippen molar-refractivity contribution < 1.29 is 4.79 Å². The lowest BCUT2D eigenvalue weighted by atomic mass is 10.1. The molecule has 1 fully saturated rings. The van der Waals surface area contributed by atoms with Gasteiger partial charge in [0.2, 0.25) is 0 Å². The minimum atomic E-state index is -0.0875. The summed E-state index contributed by atoms with van der Waals surface area (Å²) in [6, 6.07) is 6.09. The maximum absolute atomic E-state index is 12.3. The lowest BCUT2D eigenvalue weighted by molar-refractivity contribution is 0.0833. The zero-order valence-corrected chi connectivity index (χ0v) is 15.5. The molecule has 1 aliphatic rings. The monoisotopic (exact) mass is 368 g/mol. The van der Waals surface area contributed by atoms with Crippen molar-refractivity contribution in [2.75, 3.05) is 31.3 Å². The number of pyridine rings is 1. The second-order valence-electron chi connectivity index (χ2n) is 6.55. The minimum absolute atomic E-state index is 0.0875. The zero-order chi connectivity index (χ0) is 18.3. The minimum Gasteiger partial charge on any atom is -0.397 e. The highest BCUT2D eigenvalue weighted by molar-refractivity contribution is 7.21. The number of hydrogen-bond acceptors (Lipinski definition) is 7. The van der Waals surface area contributed by atoms with Gasteiger partial charge in [0.25, 0.3) is 5.91 Å². The van der Waals surface area contributed by atoms with Crippen molar-refractivity contribution in [1.82, 2.24) is 19.9 Å². The SMILES string of the molecule is CN(C)C(=O)c1sc2nc(C3CCCN3c3ccncn3)ccc2c1N. The lowest BCUT2D eigenvalue weighted by Gasteiger charge is -2.25. The number of thiophene rings is 1. The number of aromatic nitrogens is 3. The number of carbonyl (C=O) groups is 1. The van der Waals surface area contributed by atoms with Gasteiger partial charge < -0.3 is 15.5 Å². The van der Waals surface area contributed by atoms with Crippen LogP contribution < -0.4 is 10.6 Å². The normalized spacial score (nSPS) is 17.0. The summed E-state index contributed by atoms with van der Waals surface area (Å²) in [5, 5.41) is 0.843. The summed E-state index contributed by atoms with van der Waals surface area (Å²) in [6.45, 7) is 0.943. The Kier molecular flexibility index (Phi) is 4.20. The number of carbonyl (C=O) groups excluding carboxylic acids is 1. The molecular formula is C18H20N6OS. The molecule has 0 saturated carbocycles. The molecule has 3 aromatic heterocycles. The third-order valence-electron chi connectivity index (χ3n) is 4.67. The van der Waals surface area contributed by atoms with E-state index in [9.17, 15) is 4.79 Å². The van der Waals surface area contributed by atoms with Gasteiger partial charge in [-0.1, -0.05) is 0 Å². The maximum Gasteiger partial charge on any atom is 0.265 e. The van der Waals surface area contributed by atoms with E-state index in [-0.39, 0.29) is 11.9 Å². The van der Waals surface area contributed by atoms with Gasteiger partial charge in [0.1, 0.15) is 21.9 Å². The van der Waals surface area contributed by atoms with Crippen molar-refractivity contribution in [1.29, 1.82) is 0 Å². The molecule has 4 rings (SSSR count). The molecule has 0 aliphatic carbocycles. The fraction of sp³-hybridized carbons (Fsp3) is 0.333. The van der Waals surface area contributed by atoms with Gasteiger partial charge in [-0.3, -0.25) is 4.79 Å². The third kappa shape index (κ3) is 2.76. The average Bonchev–Trinajstić information content (AvgIpc) is 3.26. The van der Waals surface area contributed by atoms with Gasteiger partial charge in [0, 0.05) is 32.2 Å². The van der Waals surface area contributed by atoms with E-state index < -0.39 is 0 Å². The fourth-order valence-electron chi connectivity index (χ4n) is 3.36. The summed E-state index contributed by atoms with van der Waals surface area (Å²) in [5.41, 5.74) is 7.70. The number of anilines is 2. The van der Waals surface area contributed by atoms with Gasteiger partial charge in [-0.15, -0.1) is 11.3 Å². The van der Waals surface area contributed by atoms with Gasteiger partial charge in [-0.05, 0) is 31.0 Å². The highest BCUT2D eigenvalue weighted by Crippen LogP contribution is 2.38. The molecule has 0 radical (unpaired) electrons. The molecule has 0 bridgehead atoms. The van der Waals surface area contributed by atoms with E-state index in [2.05, 4.69) is 14.9 Å². The molecule has 26 heavy (non-hydrogen) atoms. The number of nitrogens with two attached hydrogens (primary N) is 1. The molecule has 3 aromatic rings. The van der Waals surface area contributed by atoms with E-state index in [0.717, 1.165) is 41.1 Å². The fourth-order valence-corrected chi connectivity index (χ4v) is 4.48. The topological polar surface area (TPSA) is 88.2 Å². The Labute approximate surface area is 155 Å². The van der Waals surface area contributed by atoms with Crippen LogP contribution in [-0.2, 0) is 0 Å².